The van der Waals surface area contributed by atoms with E-state index in [0.717, 1.165) is 6.42 Å². The highest BCUT2D eigenvalue weighted by Gasteiger charge is 2.58. The lowest BCUT2D eigenvalue weighted by molar-refractivity contribution is -0.138. The molecule has 2 aromatic rings. The number of para-hydroxylation sites is 2. The Morgan fingerprint density at radius 2 is 1.28 bits per heavy atom. The minimum Gasteiger partial charge on any atom is -0.395 e. The van der Waals surface area contributed by atoms with E-state index in [-0.39, 0.29) is 11.8 Å². The minimum absolute atomic E-state index is 0.338. The van der Waals surface area contributed by atoms with Gasteiger partial charge in [-0.1, -0.05) is 56.2 Å². The highest BCUT2D eigenvalue weighted by Crippen LogP contribution is 2.41. The summed E-state index contributed by atoms with van der Waals surface area (Å²) in [4.78, 5) is 26.5. The van der Waals surface area contributed by atoms with Crippen molar-refractivity contribution < 1.29 is 14.7 Å². The zero-order chi connectivity index (χ0) is 17.9. The Balaban J connectivity index is 2.13. The number of aliphatic hydroxyl groups excluding tert-OH is 1. The van der Waals surface area contributed by atoms with E-state index in [2.05, 4.69) is 0 Å². The van der Waals surface area contributed by atoms with E-state index in [1.165, 1.54) is 10.0 Å². The van der Waals surface area contributed by atoms with Gasteiger partial charge in [0.05, 0.1) is 18.0 Å². The fraction of sp³-hybridized carbons (Fsp3) is 0.300. The van der Waals surface area contributed by atoms with Crippen LogP contribution in [0.4, 0.5) is 11.4 Å². The fourth-order valence-corrected chi connectivity index (χ4v) is 3.19. The van der Waals surface area contributed by atoms with Gasteiger partial charge in [0, 0.05) is 0 Å². The Kier molecular flexibility index (Phi) is 4.86. The van der Waals surface area contributed by atoms with Crippen molar-refractivity contribution in [3.63, 3.8) is 0 Å². The number of rotatable bonds is 6. The molecule has 0 unspecified atom stereocenters. The Hall–Kier alpha value is -2.66. The molecule has 1 N–H and O–H groups in total. The van der Waals surface area contributed by atoms with Crippen molar-refractivity contribution in [3.05, 3.63) is 60.7 Å². The first-order valence-electron chi connectivity index (χ1n) is 8.55. The molecule has 5 heteroatoms. The van der Waals surface area contributed by atoms with Gasteiger partial charge in [-0.15, -0.1) is 0 Å². The minimum atomic E-state index is -1.41. The average Bonchev–Trinajstić information content (AvgIpc) is 2.89. The van der Waals surface area contributed by atoms with Crippen LogP contribution in [0.1, 0.15) is 26.2 Å². The lowest BCUT2D eigenvalue weighted by Crippen LogP contribution is -2.41. The van der Waals surface area contributed by atoms with E-state index in [1.54, 1.807) is 24.3 Å². The molecule has 5 nitrogen and oxygen atoms in total. The Bertz CT molecular complexity index is 689. The van der Waals surface area contributed by atoms with E-state index >= 15 is 0 Å². The first-order chi connectivity index (χ1) is 12.2. The van der Waals surface area contributed by atoms with Crippen LogP contribution < -0.4 is 10.0 Å². The molecule has 2 amide bonds. The van der Waals surface area contributed by atoms with E-state index < -0.39 is 12.0 Å². The second-order valence-corrected chi connectivity index (χ2v) is 6.25. The molecule has 0 aliphatic carbocycles. The summed E-state index contributed by atoms with van der Waals surface area (Å²) in [6.07, 6.45) is 1.88. The molecule has 130 valence electrons. The number of aliphatic hydroxyl groups is 1. The van der Waals surface area contributed by atoms with Gasteiger partial charge in [-0.3, -0.25) is 9.59 Å². The van der Waals surface area contributed by atoms with Crippen molar-refractivity contribution in [1.29, 1.82) is 0 Å². The Morgan fingerprint density at radius 3 is 1.64 bits per heavy atom. The molecule has 0 radical (unpaired) electrons. The van der Waals surface area contributed by atoms with Crippen LogP contribution in [0, 0.1) is 5.41 Å². The van der Waals surface area contributed by atoms with Crippen LogP contribution in [0.2, 0.25) is 0 Å². The summed E-state index contributed by atoms with van der Waals surface area (Å²) in [6.45, 7) is 1.51. The molecule has 0 aromatic heterocycles. The first kappa shape index (κ1) is 17.2. The second-order valence-electron chi connectivity index (χ2n) is 6.25. The largest absolute Gasteiger partial charge is 0.395 e. The summed E-state index contributed by atoms with van der Waals surface area (Å²) in [5.41, 5.74) is -0.199. The number of amides is 2. The molecule has 25 heavy (non-hydrogen) atoms. The van der Waals surface area contributed by atoms with Gasteiger partial charge < -0.3 is 5.11 Å². The van der Waals surface area contributed by atoms with Gasteiger partial charge in [-0.25, -0.2) is 10.0 Å². The maximum atomic E-state index is 13.3. The summed E-state index contributed by atoms with van der Waals surface area (Å²) in [6, 6.07) is 18.1. The van der Waals surface area contributed by atoms with Gasteiger partial charge in [-0.2, -0.15) is 0 Å². The molecule has 1 aliphatic rings. The van der Waals surface area contributed by atoms with Gasteiger partial charge in [0.2, 0.25) is 0 Å². The number of hydrazine groups is 1. The van der Waals surface area contributed by atoms with Gasteiger partial charge in [0.15, 0.2) is 5.41 Å². The zero-order valence-corrected chi connectivity index (χ0v) is 14.3. The van der Waals surface area contributed by atoms with E-state index in [1.807, 2.05) is 43.3 Å². The van der Waals surface area contributed by atoms with Crippen molar-refractivity contribution in [1.82, 2.24) is 0 Å². The zero-order valence-electron chi connectivity index (χ0n) is 14.3. The molecule has 3 rings (SSSR count). The molecule has 2 aromatic carbocycles. The average molecular weight is 338 g/mol. The van der Waals surface area contributed by atoms with Crippen LogP contribution in [-0.2, 0) is 9.59 Å². The quantitative estimate of drug-likeness (QED) is 0.823. The third-order valence-electron chi connectivity index (χ3n) is 4.63. The van der Waals surface area contributed by atoms with Crippen molar-refractivity contribution in [3.8, 4) is 0 Å². The number of carbonyl (C=O) groups excluding carboxylic acids is 2. The number of carbonyl (C=O) groups is 2. The van der Waals surface area contributed by atoms with Crippen LogP contribution in [0.5, 0.6) is 0 Å². The maximum Gasteiger partial charge on any atom is 0.264 e. The molecule has 0 spiro atoms. The third kappa shape index (κ3) is 2.81. The van der Waals surface area contributed by atoms with Crippen molar-refractivity contribution in [2.24, 2.45) is 5.41 Å². The summed E-state index contributed by atoms with van der Waals surface area (Å²) in [5.74, 6) is -0.744. The number of nitrogens with zero attached hydrogens (tertiary/aromatic N) is 2. The molecular weight excluding hydrogens is 316 g/mol. The Labute approximate surface area is 147 Å². The second kappa shape index (κ2) is 7.07. The molecule has 0 atom stereocenters. The number of benzene rings is 2. The monoisotopic (exact) mass is 338 g/mol. The number of unbranched alkanes of at least 4 members (excludes halogenated alkanes) is 1. The van der Waals surface area contributed by atoms with Crippen LogP contribution >= 0.6 is 0 Å². The topological polar surface area (TPSA) is 60.9 Å². The number of hydrogen-bond acceptors (Lipinski definition) is 3. The lowest BCUT2D eigenvalue weighted by atomic mass is 9.82. The molecule has 1 aliphatic heterocycles. The summed E-state index contributed by atoms with van der Waals surface area (Å²) in [7, 11) is 0. The molecule has 1 saturated heterocycles. The molecule has 0 bridgehead atoms. The van der Waals surface area contributed by atoms with Gasteiger partial charge >= 0.3 is 0 Å². The molecule has 0 saturated carbocycles. The summed E-state index contributed by atoms with van der Waals surface area (Å²) < 4.78 is 0. The highest BCUT2D eigenvalue weighted by molar-refractivity contribution is 6.26. The summed E-state index contributed by atoms with van der Waals surface area (Å²) >= 11 is 0. The standard InChI is InChI=1S/C20H22N2O3/c1-2-3-14-20(15-23)18(24)21(16-10-6-4-7-11-16)22(19(20)25)17-12-8-5-9-13-17/h4-13,23H,2-3,14-15H2,1H3. The third-order valence-corrected chi connectivity index (χ3v) is 4.63. The predicted molar refractivity (Wildman–Crippen MR) is 96.9 cm³/mol. The number of anilines is 2. The first-order valence-corrected chi connectivity index (χ1v) is 8.55. The van der Waals surface area contributed by atoms with Crippen LogP contribution in [-0.4, -0.2) is 23.5 Å². The van der Waals surface area contributed by atoms with E-state index in [4.69, 9.17) is 0 Å². The van der Waals surface area contributed by atoms with E-state index in [9.17, 15) is 14.7 Å². The maximum absolute atomic E-state index is 13.3. The van der Waals surface area contributed by atoms with E-state index in [0.29, 0.717) is 24.2 Å². The van der Waals surface area contributed by atoms with Gasteiger partial charge in [0.1, 0.15) is 0 Å². The highest BCUT2D eigenvalue weighted by atomic mass is 16.3. The van der Waals surface area contributed by atoms with Crippen LogP contribution in [0.3, 0.4) is 0 Å². The smallest absolute Gasteiger partial charge is 0.264 e. The molecular formula is C20H22N2O3. The normalized spacial score (nSPS) is 16.6. The van der Waals surface area contributed by atoms with Crippen molar-refractivity contribution >= 4 is 23.2 Å². The van der Waals surface area contributed by atoms with Gasteiger partial charge in [-0.05, 0) is 30.7 Å². The number of hydrogen-bond donors (Lipinski definition) is 1. The fourth-order valence-electron chi connectivity index (χ4n) is 3.19. The molecule has 1 heterocycles. The summed E-state index contributed by atoms with van der Waals surface area (Å²) in [5, 5.41) is 12.8. The predicted octanol–water partition coefficient (Wildman–Crippen LogP) is 3.15. The SMILES string of the molecule is CCCCC1(CO)C(=O)N(c2ccccc2)N(c2ccccc2)C1=O. The lowest BCUT2D eigenvalue weighted by Gasteiger charge is -2.27. The van der Waals surface area contributed by atoms with Crippen LogP contribution in [0.25, 0.3) is 0 Å². The molecule has 1 fully saturated rings. The van der Waals surface area contributed by atoms with Gasteiger partial charge in [0.25, 0.3) is 11.8 Å². The van der Waals surface area contributed by atoms with Crippen molar-refractivity contribution in [2.45, 2.75) is 26.2 Å². The van der Waals surface area contributed by atoms with Crippen molar-refractivity contribution in [2.75, 3.05) is 16.6 Å². The van der Waals surface area contributed by atoms with Crippen LogP contribution in [0.15, 0.2) is 60.7 Å². The Morgan fingerprint density at radius 1 is 0.840 bits per heavy atom.